The van der Waals surface area contributed by atoms with Crippen LogP contribution in [0.4, 0.5) is 0 Å². The zero-order chi connectivity index (χ0) is 15.2. The first-order valence-corrected chi connectivity index (χ1v) is 7.52. The monoisotopic (exact) mass is 294 g/mol. The van der Waals surface area contributed by atoms with Crippen molar-refractivity contribution in [3.63, 3.8) is 0 Å². The van der Waals surface area contributed by atoms with Crippen LogP contribution in [0.5, 0.6) is 11.5 Å². The normalized spacial score (nSPS) is 21.8. The second-order valence-corrected chi connectivity index (χ2v) is 5.39. The third-order valence-corrected chi connectivity index (χ3v) is 3.98. The van der Waals surface area contributed by atoms with E-state index >= 15 is 0 Å². The topological polar surface area (TPSA) is 60.2 Å². The van der Waals surface area contributed by atoms with E-state index in [2.05, 4.69) is 0 Å². The minimum absolute atomic E-state index is 0.0945. The number of aromatic hydroxyl groups is 1. The van der Waals surface area contributed by atoms with E-state index in [4.69, 9.17) is 9.47 Å². The van der Waals surface area contributed by atoms with E-state index in [0.29, 0.717) is 18.9 Å². The number of benzene rings is 1. The second kappa shape index (κ2) is 7.31. The van der Waals surface area contributed by atoms with Crippen LogP contribution in [0.1, 0.15) is 31.7 Å². The van der Waals surface area contributed by atoms with Crippen molar-refractivity contribution in [3.05, 3.63) is 23.8 Å². The lowest BCUT2D eigenvalue weighted by atomic mass is 10.0. The van der Waals surface area contributed by atoms with Gasteiger partial charge < -0.3 is 19.5 Å². The Morgan fingerprint density at radius 2 is 2.24 bits per heavy atom. The molecule has 1 aliphatic rings. The molecule has 0 saturated carbocycles. The summed E-state index contributed by atoms with van der Waals surface area (Å²) in [5, 5.41) is 9.85. The van der Waals surface area contributed by atoms with Gasteiger partial charge in [-0.2, -0.15) is 0 Å². The standard InChI is InChI=1S/C16H23NO4/c1-3-21-16(19)13-6-4-5-9-17(13)11-12-7-8-15(20-2)14(18)10-12/h7-8,10,13,18H,3-6,9,11H2,1-2H3/p+1/t13-/m1/s1. The summed E-state index contributed by atoms with van der Waals surface area (Å²) in [5.74, 6) is 0.498. The highest BCUT2D eigenvalue weighted by atomic mass is 16.5. The summed E-state index contributed by atoms with van der Waals surface area (Å²) in [7, 11) is 1.53. The van der Waals surface area contributed by atoms with Gasteiger partial charge >= 0.3 is 5.97 Å². The molecule has 5 heteroatoms. The molecule has 2 N–H and O–H groups in total. The zero-order valence-electron chi connectivity index (χ0n) is 12.7. The third-order valence-electron chi connectivity index (χ3n) is 3.98. The number of rotatable bonds is 5. The molecule has 1 unspecified atom stereocenters. The maximum Gasteiger partial charge on any atom is 0.364 e. The zero-order valence-corrected chi connectivity index (χ0v) is 12.7. The van der Waals surface area contributed by atoms with Gasteiger partial charge in [-0.05, 0) is 38.0 Å². The summed E-state index contributed by atoms with van der Waals surface area (Å²) in [5.41, 5.74) is 1.000. The number of methoxy groups -OCH3 is 1. The molecule has 0 radical (unpaired) electrons. The van der Waals surface area contributed by atoms with Crippen molar-refractivity contribution in [1.82, 2.24) is 0 Å². The van der Waals surface area contributed by atoms with E-state index in [1.807, 2.05) is 13.0 Å². The van der Waals surface area contributed by atoms with Crippen molar-refractivity contribution in [2.45, 2.75) is 38.8 Å². The van der Waals surface area contributed by atoms with Gasteiger partial charge in [0.1, 0.15) is 6.54 Å². The molecule has 0 bridgehead atoms. The highest BCUT2D eigenvalue weighted by molar-refractivity contribution is 5.74. The number of hydrogen-bond donors (Lipinski definition) is 2. The number of phenols is 1. The SMILES string of the molecule is CCOC(=O)[C@H]1CCCC[NH+]1Cc1ccc(OC)c(O)c1. The summed E-state index contributed by atoms with van der Waals surface area (Å²) < 4.78 is 10.2. The highest BCUT2D eigenvalue weighted by Gasteiger charge is 2.33. The van der Waals surface area contributed by atoms with Gasteiger partial charge in [0.05, 0.1) is 20.3 Å². The maximum absolute atomic E-state index is 12.1. The second-order valence-electron chi connectivity index (χ2n) is 5.39. The fraction of sp³-hybridized carbons (Fsp3) is 0.562. The summed E-state index contributed by atoms with van der Waals surface area (Å²) >= 11 is 0. The molecule has 21 heavy (non-hydrogen) atoms. The van der Waals surface area contributed by atoms with Gasteiger partial charge in [-0.25, -0.2) is 4.79 Å². The Morgan fingerprint density at radius 1 is 1.43 bits per heavy atom. The van der Waals surface area contributed by atoms with Crippen molar-refractivity contribution >= 4 is 5.97 Å². The van der Waals surface area contributed by atoms with Gasteiger partial charge in [0.2, 0.25) is 0 Å². The van der Waals surface area contributed by atoms with E-state index in [-0.39, 0.29) is 17.8 Å². The lowest BCUT2D eigenvalue weighted by molar-refractivity contribution is -0.935. The fourth-order valence-corrected chi connectivity index (χ4v) is 2.93. The Labute approximate surface area is 125 Å². The molecule has 1 saturated heterocycles. The number of piperidine rings is 1. The Balaban J connectivity index is 2.08. The average molecular weight is 294 g/mol. The molecule has 116 valence electrons. The van der Waals surface area contributed by atoms with Gasteiger partial charge in [-0.15, -0.1) is 0 Å². The molecule has 1 aromatic rings. The maximum atomic E-state index is 12.1. The molecule has 1 fully saturated rings. The van der Waals surface area contributed by atoms with E-state index in [1.54, 1.807) is 12.1 Å². The van der Waals surface area contributed by atoms with Crippen LogP contribution >= 0.6 is 0 Å². The Kier molecular flexibility index (Phi) is 5.44. The van der Waals surface area contributed by atoms with Crippen LogP contribution in [0.15, 0.2) is 18.2 Å². The summed E-state index contributed by atoms with van der Waals surface area (Å²) in [6, 6.07) is 5.31. The summed E-state index contributed by atoms with van der Waals surface area (Å²) in [4.78, 5) is 13.3. The Hall–Kier alpha value is -1.75. The molecular formula is C16H24NO4+. The molecule has 2 rings (SSSR count). The number of likely N-dealkylation sites (tertiary alicyclic amines) is 1. The van der Waals surface area contributed by atoms with Gasteiger partial charge in [-0.1, -0.05) is 0 Å². The van der Waals surface area contributed by atoms with Crippen LogP contribution in [0, 0.1) is 0 Å². The number of carbonyl (C=O) groups is 1. The Bertz CT molecular complexity index is 489. The third kappa shape index (κ3) is 3.88. The summed E-state index contributed by atoms with van der Waals surface area (Å²) in [6.45, 7) is 3.92. The first-order valence-electron chi connectivity index (χ1n) is 7.52. The van der Waals surface area contributed by atoms with Crippen LogP contribution < -0.4 is 9.64 Å². The number of quaternary nitrogens is 1. The fourth-order valence-electron chi connectivity index (χ4n) is 2.93. The number of hydrogen-bond acceptors (Lipinski definition) is 4. The van der Waals surface area contributed by atoms with Crippen LogP contribution in [0.25, 0.3) is 0 Å². The van der Waals surface area contributed by atoms with Crippen molar-refractivity contribution in [3.8, 4) is 11.5 Å². The lowest BCUT2D eigenvalue weighted by Gasteiger charge is -2.31. The summed E-state index contributed by atoms with van der Waals surface area (Å²) in [6.07, 6.45) is 3.06. The Morgan fingerprint density at radius 3 is 2.90 bits per heavy atom. The molecular weight excluding hydrogens is 270 g/mol. The van der Waals surface area contributed by atoms with Crippen LogP contribution in [0.3, 0.4) is 0 Å². The average Bonchev–Trinajstić information content (AvgIpc) is 2.48. The molecule has 0 amide bonds. The highest BCUT2D eigenvalue weighted by Crippen LogP contribution is 2.25. The minimum Gasteiger partial charge on any atom is -0.504 e. The molecule has 1 aromatic carbocycles. The first kappa shape index (κ1) is 15.6. The van der Waals surface area contributed by atoms with Crippen LogP contribution in [-0.2, 0) is 16.1 Å². The minimum atomic E-state index is -0.107. The van der Waals surface area contributed by atoms with Gasteiger partial charge in [-0.3, -0.25) is 0 Å². The van der Waals surface area contributed by atoms with E-state index in [0.717, 1.165) is 31.4 Å². The van der Waals surface area contributed by atoms with Crippen molar-refractivity contribution in [2.24, 2.45) is 0 Å². The number of esters is 1. The predicted octanol–water partition coefficient (Wildman–Crippen LogP) is 0.901. The van der Waals surface area contributed by atoms with Gasteiger partial charge in [0.15, 0.2) is 17.5 Å². The molecule has 0 aliphatic carbocycles. The molecule has 1 heterocycles. The van der Waals surface area contributed by atoms with Crippen LogP contribution in [0.2, 0.25) is 0 Å². The number of ether oxygens (including phenoxy) is 2. The molecule has 0 aromatic heterocycles. The van der Waals surface area contributed by atoms with E-state index < -0.39 is 0 Å². The number of phenolic OH excluding ortho intramolecular Hbond substituents is 1. The first-order chi connectivity index (χ1) is 10.2. The van der Waals surface area contributed by atoms with E-state index in [1.165, 1.54) is 12.0 Å². The number of nitrogens with one attached hydrogen (secondary N) is 1. The van der Waals surface area contributed by atoms with Crippen molar-refractivity contribution < 1.29 is 24.3 Å². The van der Waals surface area contributed by atoms with Gasteiger partial charge in [0.25, 0.3) is 0 Å². The predicted molar refractivity (Wildman–Crippen MR) is 78.5 cm³/mol. The van der Waals surface area contributed by atoms with Crippen molar-refractivity contribution in [2.75, 3.05) is 20.3 Å². The van der Waals surface area contributed by atoms with Crippen LogP contribution in [-0.4, -0.2) is 37.4 Å². The molecule has 1 aliphatic heterocycles. The quantitative estimate of drug-likeness (QED) is 0.792. The largest absolute Gasteiger partial charge is 0.504 e. The van der Waals surface area contributed by atoms with E-state index in [9.17, 15) is 9.90 Å². The van der Waals surface area contributed by atoms with Gasteiger partial charge in [0, 0.05) is 12.0 Å². The molecule has 2 atom stereocenters. The molecule has 0 spiro atoms. The lowest BCUT2D eigenvalue weighted by Crippen LogP contribution is -3.16. The van der Waals surface area contributed by atoms with Crippen molar-refractivity contribution in [1.29, 1.82) is 0 Å². The smallest absolute Gasteiger partial charge is 0.364 e. The molecule has 5 nitrogen and oxygen atoms in total. The number of carbonyl (C=O) groups excluding carboxylic acids is 1.